The fraction of sp³-hybridized carbons (Fsp3) is 0.312. The van der Waals surface area contributed by atoms with Crippen molar-refractivity contribution in [3.05, 3.63) is 42.2 Å². The van der Waals surface area contributed by atoms with E-state index >= 15 is 0 Å². The average molecular weight is 314 g/mol. The summed E-state index contributed by atoms with van der Waals surface area (Å²) in [4.78, 5) is 12.3. The van der Waals surface area contributed by atoms with E-state index in [0.29, 0.717) is 23.6 Å². The lowest BCUT2D eigenvalue weighted by atomic mass is 10.1. The Kier molecular flexibility index (Phi) is 4.27. The van der Waals surface area contributed by atoms with E-state index in [1.807, 2.05) is 23.6 Å². The normalized spacial score (nSPS) is 10.9. The molecule has 0 fully saturated rings. The molecule has 2 heterocycles. The van der Waals surface area contributed by atoms with Crippen LogP contribution in [0.4, 0.5) is 0 Å². The number of aryl methyl sites for hydroxylation is 2. The van der Waals surface area contributed by atoms with Crippen molar-refractivity contribution in [1.29, 1.82) is 0 Å². The molecule has 0 aliphatic carbocycles. The molecule has 2 aromatic heterocycles. The summed E-state index contributed by atoms with van der Waals surface area (Å²) in [6.07, 6.45) is 4.09. The first kappa shape index (κ1) is 15.1. The Morgan fingerprint density at radius 3 is 2.87 bits per heavy atom. The van der Waals surface area contributed by atoms with Gasteiger partial charge in [-0.1, -0.05) is 0 Å². The Morgan fingerprint density at radius 1 is 1.35 bits per heavy atom. The van der Waals surface area contributed by atoms with E-state index in [-0.39, 0.29) is 5.91 Å². The topological polar surface area (TPSA) is 82.2 Å². The largest absolute Gasteiger partial charge is 0.497 e. The van der Waals surface area contributed by atoms with Crippen LogP contribution in [0.25, 0.3) is 11.0 Å². The zero-order valence-corrected chi connectivity index (χ0v) is 13.1. The average Bonchev–Trinajstić information content (AvgIpc) is 3.19. The van der Waals surface area contributed by atoms with Crippen molar-refractivity contribution in [2.24, 2.45) is 0 Å². The molecule has 1 N–H and O–H groups in total. The number of amides is 1. The molecule has 0 radical (unpaired) electrons. The first-order valence-corrected chi connectivity index (χ1v) is 7.37. The summed E-state index contributed by atoms with van der Waals surface area (Å²) >= 11 is 0. The molecule has 0 saturated heterocycles. The Balaban J connectivity index is 1.64. The van der Waals surface area contributed by atoms with Gasteiger partial charge in [-0.05, 0) is 25.5 Å². The molecule has 23 heavy (non-hydrogen) atoms. The predicted octanol–water partition coefficient (Wildman–Crippen LogP) is 2.16. The number of hydrogen-bond donors (Lipinski definition) is 1. The van der Waals surface area contributed by atoms with Crippen LogP contribution < -0.4 is 10.1 Å². The number of furan rings is 1. The van der Waals surface area contributed by atoms with Gasteiger partial charge in [0.1, 0.15) is 24.0 Å². The summed E-state index contributed by atoms with van der Waals surface area (Å²) < 4.78 is 12.7. The second-order valence-electron chi connectivity index (χ2n) is 5.23. The molecular weight excluding hydrogens is 296 g/mol. The fourth-order valence-corrected chi connectivity index (χ4v) is 2.43. The molecule has 120 valence electrons. The Morgan fingerprint density at radius 2 is 2.13 bits per heavy atom. The van der Waals surface area contributed by atoms with Gasteiger partial charge in [0.15, 0.2) is 5.76 Å². The van der Waals surface area contributed by atoms with Crippen molar-refractivity contribution in [1.82, 2.24) is 20.1 Å². The quantitative estimate of drug-likeness (QED) is 0.705. The van der Waals surface area contributed by atoms with Gasteiger partial charge in [-0.3, -0.25) is 4.79 Å². The molecule has 3 rings (SSSR count). The number of ether oxygens (including phenoxy) is 1. The third kappa shape index (κ3) is 3.18. The SMILES string of the molecule is COc1ccc2c(C)c(C(=O)NCCCn3cnnc3)oc2c1. The number of nitrogens with zero attached hydrogens (tertiary/aromatic N) is 3. The standard InChI is InChI=1S/C16H18N4O3/c1-11-13-5-4-12(22-2)8-14(13)23-15(11)16(21)17-6-3-7-20-9-18-19-10-20/h4-5,8-10H,3,6-7H2,1-2H3,(H,17,21). The minimum Gasteiger partial charge on any atom is -0.497 e. The number of nitrogens with one attached hydrogen (secondary N) is 1. The predicted molar refractivity (Wildman–Crippen MR) is 84.5 cm³/mol. The molecule has 0 aliphatic rings. The zero-order chi connectivity index (χ0) is 16.2. The van der Waals surface area contributed by atoms with E-state index in [1.54, 1.807) is 25.8 Å². The van der Waals surface area contributed by atoms with Crippen LogP contribution in [0.2, 0.25) is 0 Å². The van der Waals surface area contributed by atoms with Crippen LogP contribution in [0, 0.1) is 6.92 Å². The number of benzene rings is 1. The van der Waals surface area contributed by atoms with Crippen LogP contribution in [0.15, 0.2) is 35.3 Å². The summed E-state index contributed by atoms with van der Waals surface area (Å²) in [7, 11) is 1.60. The Labute approximate surface area is 133 Å². The summed E-state index contributed by atoms with van der Waals surface area (Å²) in [5.74, 6) is 0.839. The highest BCUT2D eigenvalue weighted by atomic mass is 16.5. The van der Waals surface area contributed by atoms with Gasteiger partial charge < -0.3 is 19.0 Å². The van der Waals surface area contributed by atoms with Crippen LogP contribution >= 0.6 is 0 Å². The maximum absolute atomic E-state index is 12.3. The number of carbonyl (C=O) groups excluding carboxylic acids is 1. The minimum absolute atomic E-state index is 0.207. The highest BCUT2D eigenvalue weighted by Crippen LogP contribution is 2.28. The number of aromatic nitrogens is 3. The van der Waals surface area contributed by atoms with Gasteiger partial charge in [0.25, 0.3) is 5.91 Å². The van der Waals surface area contributed by atoms with E-state index in [1.165, 1.54) is 0 Å². The smallest absolute Gasteiger partial charge is 0.287 e. The maximum Gasteiger partial charge on any atom is 0.287 e. The Bertz CT molecular complexity index is 808. The molecule has 7 heteroatoms. The van der Waals surface area contributed by atoms with Gasteiger partial charge in [0.2, 0.25) is 0 Å². The third-order valence-corrected chi connectivity index (χ3v) is 3.70. The number of hydrogen-bond acceptors (Lipinski definition) is 5. The van der Waals surface area contributed by atoms with Crippen LogP contribution in [-0.4, -0.2) is 34.3 Å². The van der Waals surface area contributed by atoms with Crippen LogP contribution in [-0.2, 0) is 6.54 Å². The van der Waals surface area contributed by atoms with Gasteiger partial charge >= 0.3 is 0 Å². The van der Waals surface area contributed by atoms with Crippen molar-refractivity contribution in [3.8, 4) is 5.75 Å². The Hall–Kier alpha value is -2.83. The van der Waals surface area contributed by atoms with Crippen molar-refractivity contribution < 1.29 is 13.9 Å². The van der Waals surface area contributed by atoms with Gasteiger partial charge in [-0.25, -0.2) is 0 Å². The van der Waals surface area contributed by atoms with Gasteiger partial charge in [-0.2, -0.15) is 0 Å². The van der Waals surface area contributed by atoms with E-state index in [4.69, 9.17) is 9.15 Å². The third-order valence-electron chi connectivity index (χ3n) is 3.70. The van der Waals surface area contributed by atoms with E-state index in [2.05, 4.69) is 15.5 Å². The van der Waals surface area contributed by atoms with Crippen molar-refractivity contribution in [3.63, 3.8) is 0 Å². The molecule has 0 aliphatic heterocycles. The maximum atomic E-state index is 12.3. The molecule has 1 aromatic carbocycles. The molecule has 1 amide bonds. The first-order chi connectivity index (χ1) is 11.2. The first-order valence-electron chi connectivity index (χ1n) is 7.37. The molecule has 3 aromatic rings. The highest BCUT2D eigenvalue weighted by molar-refractivity contribution is 5.99. The second-order valence-corrected chi connectivity index (χ2v) is 5.23. The van der Waals surface area contributed by atoms with Gasteiger partial charge in [0, 0.05) is 30.1 Å². The summed E-state index contributed by atoms with van der Waals surface area (Å²) in [5.41, 5.74) is 1.48. The molecule has 0 unspecified atom stereocenters. The van der Waals surface area contributed by atoms with E-state index in [9.17, 15) is 4.79 Å². The fourth-order valence-electron chi connectivity index (χ4n) is 2.43. The van der Waals surface area contributed by atoms with Gasteiger partial charge in [0.05, 0.1) is 7.11 Å². The lowest BCUT2D eigenvalue weighted by Gasteiger charge is -2.04. The molecule has 7 nitrogen and oxygen atoms in total. The van der Waals surface area contributed by atoms with Crippen molar-refractivity contribution in [2.45, 2.75) is 19.9 Å². The molecule has 0 bridgehead atoms. The highest BCUT2D eigenvalue weighted by Gasteiger charge is 2.17. The number of methoxy groups -OCH3 is 1. The molecular formula is C16H18N4O3. The lowest BCUT2D eigenvalue weighted by Crippen LogP contribution is -2.25. The number of fused-ring (bicyclic) bond motifs is 1. The molecule has 0 saturated carbocycles. The van der Waals surface area contributed by atoms with Gasteiger partial charge in [-0.15, -0.1) is 10.2 Å². The minimum atomic E-state index is -0.207. The summed E-state index contributed by atoms with van der Waals surface area (Å²) in [6, 6.07) is 5.53. The monoisotopic (exact) mass is 314 g/mol. The molecule has 0 spiro atoms. The molecule has 0 atom stereocenters. The van der Waals surface area contributed by atoms with E-state index in [0.717, 1.165) is 23.9 Å². The number of carbonyl (C=O) groups is 1. The van der Waals surface area contributed by atoms with Crippen LogP contribution in [0.3, 0.4) is 0 Å². The zero-order valence-electron chi connectivity index (χ0n) is 13.1. The number of rotatable bonds is 6. The summed E-state index contributed by atoms with van der Waals surface area (Å²) in [5, 5.41) is 11.3. The second kappa shape index (κ2) is 6.51. The lowest BCUT2D eigenvalue weighted by molar-refractivity contribution is 0.0926. The van der Waals surface area contributed by atoms with Crippen molar-refractivity contribution in [2.75, 3.05) is 13.7 Å². The van der Waals surface area contributed by atoms with Crippen LogP contribution in [0.5, 0.6) is 5.75 Å². The van der Waals surface area contributed by atoms with E-state index < -0.39 is 0 Å². The van der Waals surface area contributed by atoms with Crippen molar-refractivity contribution >= 4 is 16.9 Å². The summed E-state index contributed by atoms with van der Waals surface area (Å²) in [6.45, 7) is 3.19. The van der Waals surface area contributed by atoms with Crippen LogP contribution in [0.1, 0.15) is 22.5 Å².